The first kappa shape index (κ1) is 15.6. The van der Waals surface area contributed by atoms with Crippen molar-refractivity contribution in [3.8, 4) is 0 Å². The van der Waals surface area contributed by atoms with Crippen molar-refractivity contribution in [1.82, 2.24) is 0 Å². The Balaban J connectivity index is 2.85. The average molecular weight is 282 g/mol. The van der Waals surface area contributed by atoms with E-state index in [0.29, 0.717) is 6.20 Å². The molecule has 0 aliphatic heterocycles. The molecule has 0 bridgehead atoms. The Labute approximate surface area is 115 Å². The van der Waals surface area contributed by atoms with Gasteiger partial charge < -0.3 is 4.74 Å². The molecule has 1 rings (SSSR count). The quantitative estimate of drug-likeness (QED) is 0.680. The topological polar surface area (TPSA) is 81.5 Å². The van der Waals surface area contributed by atoms with Crippen LogP contribution in [0.5, 0.6) is 0 Å². The number of carbonyl (C=O) groups is 1. The third-order valence-electron chi connectivity index (χ3n) is 2.02. The highest BCUT2D eigenvalue weighted by Gasteiger charge is 2.16. The van der Waals surface area contributed by atoms with Crippen LogP contribution in [-0.4, -0.2) is 16.6 Å². The molecule has 0 heterocycles. The smallest absolute Gasteiger partial charge is 0.412 e. The van der Waals surface area contributed by atoms with E-state index in [0.717, 1.165) is 12.1 Å². The van der Waals surface area contributed by atoms with Crippen LogP contribution in [0.3, 0.4) is 0 Å². The first-order valence-electron chi connectivity index (χ1n) is 5.78. The number of nitrogens with one attached hydrogen (secondary N) is 1. The maximum Gasteiger partial charge on any atom is 0.412 e. The van der Waals surface area contributed by atoms with Crippen LogP contribution in [0.2, 0.25) is 0 Å². The summed E-state index contributed by atoms with van der Waals surface area (Å²) in [6.45, 7) is 5.13. The molecule has 6 nitrogen and oxygen atoms in total. The second-order valence-electron chi connectivity index (χ2n) is 4.96. The van der Waals surface area contributed by atoms with E-state index in [1.807, 2.05) is 0 Å². The molecule has 1 aromatic carbocycles. The van der Waals surface area contributed by atoms with Crippen molar-refractivity contribution < 1.29 is 18.8 Å². The molecule has 0 aliphatic rings. The number of rotatable bonds is 3. The number of hydrogen-bond acceptors (Lipinski definition) is 4. The Morgan fingerprint density at radius 3 is 2.65 bits per heavy atom. The van der Waals surface area contributed by atoms with E-state index in [9.17, 15) is 19.3 Å². The standard InChI is InChI=1S/C13H15FN2O4/c1-13(2,3)20-12(17)15-10-4-5-11(14)9(8-10)6-7-16(18)19/h4-8H,1-3H3,(H,15,17)/b7-6+. The number of halogens is 1. The summed E-state index contributed by atoms with van der Waals surface area (Å²) in [4.78, 5) is 21.0. The van der Waals surface area contributed by atoms with Crippen molar-refractivity contribution in [2.45, 2.75) is 26.4 Å². The number of nitro groups is 1. The number of hydrogen-bond donors (Lipinski definition) is 1. The summed E-state index contributed by atoms with van der Waals surface area (Å²) < 4.78 is 18.5. The predicted molar refractivity (Wildman–Crippen MR) is 72.3 cm³/mol. The number of anilines is 1. The van der Waals surface area contributed by atoms with Gasteiger partial charge in [0, 0.05) is 17.3 Å². The van der Waals surface area contributed by atoms with Gasteiger partial charge in [-0.2, -0.15) is 0 Å². The van der Waals surface area contributed by atoms with E-state index in [-0.39, 0.29) is 11.3 Å². The molecule has 0 radical (unpaired) electrons. The van der Waals surface area contributed by atoms with Gasteiger partial charge in [-0.05, 0) is 39.0 Å². The molecule has 1 aromatic rings. The Morgan fingerprint density at radius 1 is 1.45 bits per heavy atom. The summed E-state index contributed by atoms with van der Waals surface area (Å²) in [7, 11) is 0. The summed E-state index contributed by atoms with van der Waals surface area (Å²) >= 11 is 0. The Bertz CT molecular complexity index is 550. The lowest BCUT2D eigenvalue weighted by molar-refractivity contribution is -0.400. The zero-order chi connectivity index (χ0) is 15.3. The van der Waals surface area contributed by atoms with Crippen molar-refractivity contribution in [2.75, 3.05) is 5.32 Å². The fourth-order valence-corrected chi connectivity index (χ4v) is 1.31. The maximum atomic E-state index is 13.4. The molecule has 0 atom stereocenters. The van der Waals surface area contributed by atoms with Crippen LogP contribution in [0, 0.1) is 15.9 Å². The van der Waals surface area contributed by atoms with Gasteiger partial charge in [0.1, 0.15) is 11.4 Å². The highest BCUT2D eigenvalue weighted by Crippen LogP contribution is 2.17. The molecule has 20 heavy (non-hydrogen) atoms. The number of ether oxygens (including phenoxy) is 1. The number of carbonyl (C=O) groups excluding carboxylic acids is 1. The molecule has 0 aromatic heterocycles. The SMILES string of the molecule is CC(C)(C)OC(=O)Nc1ccc(F)c(/C=C/[N+](=O)[O-])c1. The lowest BCUT2D eigenvalue weighted by Crippen LogP contribution is -2.27. The molecular formula is C13H15FN2O4. The zero-order valence-electron chi connectivity index (χ0n) is 11.3. The second-order valence-corrected chi connectivity index (χ2v) is 4.96. The van der Waals surface area contributed by atoms with Gasteiger partial charge in [0.05, 0.1) is 4.92 Å². The first-order chi connectivity index (χ1) is 9.17. The summed E-state index contributed by atoms with van der Waals surface area (Å²) in [6.07, 6.45) is 0.943. The van der Waals surface area contributed by atoms with Crippen LogP contribution >= 0.6 is 0 Å². The normalized spacial score (nSPS) is 11.4. The predicted octanol–water partition coefficient (Wildman–Crippen LogP) is 3.42. The number of benzene rings is 1. The van der Waals surface area contributed by atoms with Crippen LogP contribution < -0.4 is 5.32 Å². The summed E-state index contributed by atoms with van der Waals surface area (Å²) in [5, 5.41) is 12.6. The van der Waals surface area contributed by atoms with Crippen LogP contribution in [-0.2, 0) is 4.74 Å². The van der Waals surface area contributed by atoms with Crippen molar-refractivity contribution in [3.63, 3.8) is 0 Å². The Kier molecular flexibility index (Phi) is 4.79. The fourth-order valence-electron chi connectivity index (χ4n) is 1.31. The third-order valence-corrected chi connectivity index (χ3v) is 2.02. The Hall–Kier alpha value is -2.44. The van der Waals surface area contributed by atoms with Gasteiger partial charge in [-0.15, -0.1) is 0 Å². The third kappa shape index (κ3) is 5.47. The number of amides is 1. The minimum Gasteiger partial charge on any atom is -0.444 e. The lowest BCUT2D eigenvalue weighted by Gasteiger charge is -2.19. The second kappa shape index (κ2) is 6.14. The van der Waals surface area contributed by atoms with Crippen LogP contribution in [0.1, 0.15) is 26.3 Å². The maximum absolute atomic E-state index is 13.4. The molecule has 0 fully saturated rings. The van der Waals surface area contributed by atoms with Gasteiger partial charge in [-0.25, -0.2) is 9.18 Å². The zero-order valence-corrected chi connectivity index (χ0v) is 11.3. The van der Waals surface area contributed by atoms with Crippen molar-refractivity contribution in [1.29, 1.82) is 0 Å². The summed E-state index contributed by atoms with van der Waals surface area (Å²) in [6, 6.07) is 3.72. The van der Waals surface area contributed by atoms with Gasteiger partial charge in [0.15, 0.2) is 0 Å². The fraction of sp³-hybridized carbons (Fsp3) is 0.308. The minimum atomic E-state index is -0.701. The lowest BCUT2D eigenvalue weighted by atomic mass is 10.2. The molecule has 7 heteroatoms. The van der Waals surface area contributed by atoms with E-state index in [1.54, 1.807) is 20.8 Å². The molecule has 0 unspecified atom stereocenters. The first-order valence-corrected chi connectivity index (χ1v) is 5.78. The van der Waals surface area contributed by atoms with E-state index >= 15 is 0 Å². The highest BCUT2D eigenvalue weighted by molar-refractivity contribution is 5.85. The Morgan fingerprint density at radius 2 is 2.10 bits per heavy atom. The summed E-state index contributed by atoms with van der Waals surface area (Å²) in [5.74, 6) is -0.627. The highest BCUT2D eigenvalue weighted by atomic mass is 19.1. The van der Waals surface area contributed by atoms with E-state index in [2.05, 4.69) is 5.32 Å². The molecule has 0 spiro atoms. The molecule has 108 valence electrons. The largest absolute Gasteiger partial charge is 0.444 e. The molecule has 0 saturated heterocycles. The van der Waals surface area contributed by atoms with Crippen LogP contribution in [0.15, 0.2) is 24.4 Å². The van der Waals surface area contributed by atoms with Gasteiger partial charge in [-0.1, -0.05) is 0 Å². The van der Waals surface area contributed by atoms with Crippen molar-refractivity contribution in [3.05, 3.63) is 45.9 Å². The van der Waals surface area contributed by atoms with Crippen molar-refractivity contribution >= 4 is 17.9 Å². The van der Waals surface area contributed by atoms with Crippen LogP contribution in [0.4, 0.5) is 14.9 Å². The monoisotopic (exact) mass is 282 g/mol. The van der Waals surface area contributed by atoms with Crippen molar-refractivity contribution in [2.24, 2.45) is 0 Å². The molecule has 1 N–H and O–H groups in total. The molecular weight excluding hydrogens is 267 g/mol. The van der Waals surface area contributed by atoms with Gasteiger partial charge in [0.2, 0.25) is 6.20 Å². The van der Waals surface area contributed by atoms with E-state index in [1.165, 1.54) is 12.1 Å². The van der Waals surface area contributed by atoms with Crippen LogP contribution in [0.25, 0.3) is 6.08 Å². The molecule has 0 aliphatic carbocycles. The minimum absolute atomic E-state index is 0.00439. The molecule has 1 amide bonds. The van der Waals surface area contributed by atoms with Gasteiger partial charge in [0.25, 0.3) is 0 Å². The summed E-state index contributed by atoms with van der Waals surface area (Å²) in [5.41, 5.74) is -0.378. The number of nitrogens with zero attached hydrogens (tertiary/aromatic N) is 1. The van der Waals surface area contributed by atoms with Gasteiger partial charge >= 0.3 is 6.09 Å². The van der Waals surface area contributed by atoms with E-state index in [4.69, 9.17) is 4.74 Å². The molecule has 0 saturated carbocycles. The van der Waals surface area contributed by atoms with E-state index < -0.39 is 22.4 Å². The van der Waals surface area contributed by atoms with Gasteiger partial charge in [-0.3, -0.25) is 15.4 Å². The average Bonchev–Trinajstić information content (AvgIpc) is 2.27.